The largest absolute Gasteiger partial charge is 0.483 e. The van der Waals surface area contributed by atoms with Gasteiger partial charge in [0.05, 0.1) is 16.6 Å². The number of H-pyrrole nitrogens is 1. The number of carbonyl (C=O) groups excluding carboxylic acids is 2. The Labute approximate surface area is 138 Å². The summed E-state index contributed by atoms with van der Waals surface area (Å²) >= 11 is 0. The molecule has 0 saturated heterocycles. The molecule has 6 heteroatoms. The van der Waals surface area contributed by atoms with Gasteiger partial charge in [-0.1, -0.05) is 24.3 Å². The third-order valence-electron chi connectivity index (χ3n) is 3.53. The van der Waals surface area contributed by atoms with Crippen molar-refractivity contribution in [3.05, 3.63) is 59.9 Å². The molecule has 2 aromatic carbocycles. The van der Waals surface area contributed by atoms with Crippen molar-refractivity contribution in [3.8, 4) is 5.75 Å². The average Bonchev–Trinajstić information content (AvgIpc) is 3.03. The van der Waals surface area contributed by atoms with Gasteiger partial charge in [-0.15, -0.1) is 0 Å². The van der Waals surface area contributed by atoms with Crippen LogP contribution < -0.4 is 10.1 Å². The minimum absolute atomic E-state index is 0.134. The summed E-state index contributed by atoms with van der Waals surface area (Å²) in [6.45, 7) is 0.322. The summed E-state index contributed by atoms with van der Waals surface area (Å²) in [5.41, 5.74) is 2.31. The van der Waals surface area contributed by atoms with E-state index in [2.05, 4.69) is 15.3 Å². The minimum Gasteiger partial charge on any atom is -0.483 e. The Balaban J connectivity index is 1.46. The summed E-state index contributed by atoms with van der Waals surface area (Å²) in [4.78, 5) is 30.4. The van der Waals surface area contributed by atoms with E-state index < -0.39 is 0 Å². The van der Waals surface area contributed by atoms with E-state index in [1.54, 1.807) is 24.3 Å². The molecule has 0 spiro atoms. The SMILES string of the molecule is O=Cc1ccccc1OCC(=O)NCCc1nc2ccccc2[nH]1. The van der Waals surface area contributed by atoms with Crippen LogP contribution in [0.1, 0.15) is 16.2 Å². The van der Waals surface area contributed by atoms with Crippen molar-refractivity contribution >= 4 is 23.2 Å². The van der Waals surface area contributed by atoms with E-state index in [1.807, 2.05) is 24.3 Å². The van der Waals surface area contributed by atoms with Crippen molar-refractivity contribution in [1.29, 1.82) is 0 Å². The second kappa shape index (κ2) is 7.41. The highest BCUT2D eigenvalue weighted by Gasteiger charge is 2.07. The molecule has 1 heterocycles. The molecule has 6 nitrogen and oxygen atoms in total. The smallest absolute Gasteiger partial charge is 0.257 e. The van der Waals surface area contributed by atoms with Crippen molar-refractivity contribution in [1.82, 2.24) is 15.3 Å². The van der Waals surface area contributed by atoms with Crippen LogP contribution >= 0.6 is 0 Å². The number of aromatic amines is 1. The number of aromatic nitrogens is 2. The monoisotopic (exact) mass is 323 g/mol. The van der Waals surface area contributed by atoms with Crippen LogP contribution in [0.15, 0.2) is 48.5 Å². The molecule has 0 bridgehead atoms. The average molecular weight is 323 g/mol. The zero-order valence-corrected chi connectivity index (χ0v) is 13.0. The van der Waals surface area contributed by atoms with Crippen LogP contribution in [0, 0.1) is 0 Å². The maximum absolute atomic E-state index is 11.8. The predicted octanol–water partition coefficient (Wildman–Crippen LogP) is 2.11. The van der Waals surface area contributed by atoms with Gasteiger partial charge in [-0.2, -0.15) is 0 Å². The maximum Gasteiger partial charge on any atom is 0.257 e. The number of nitrogens with one attached hydrogen (secondary N) is 2. The second-order valence-electron chi connectivity index (χ2n) is 5.24. The summed E-state index contributed by atoms with van der Waals surface area (Å²) in [5, 5.41) is 2.77. The van der Waals surface area contributed by atoms with Crippen LogP contribution in [-0.4, -0.2) is 35.3 Å². The van der Waals surface area contributed by atoms with Crippen LogP contribution in [-0.2, 0) is 11.2 Å². The highest BCUT2D eigenvalue weighted by molar-refractivity contribution is 5.80. The Morgan fingerprint density at radius 1 is 1.17 bits per heavy atom. The predicted molar refractivity (Wildman–Crippen MR) is 90.1 cm³/mol. The first kappa shape index (κ1) is 15.7. The van der Waals surface area contributed by atoms with Gasteiger partial charge in [0, 0.05) is 13.0 Å². The molecule has 0 radical (unpaired) electrons. The lowest BCUT2D eigenvalue weighted by atomic mass is 10.2. The van der Waals surface area contributed by atoms with Crippen molar-refractivity contribution in [3.63, 3.8) is 0 Å². The van der Waals surface area contributed by atoms with Gasteiger partial charge >= 0.3 is 0 Å². The molecule has 1 aromatic heterocycles. The molecule has 24 heavy (non-hydrogen) atoms. The Morgan fingerprint density at radius 2 is 1.96 bits per heavy atom. The Morgan fingerprint density at radius 3 is 2.79 bits per heavy atom. The Kier molecular flexibility index (Phi) is 4.86. The van der Waals surface area contributed by atoms with Gasteiger partial charge in [-0.3, -0.25) is 9.59 Å². The van der Waals surface area contributed by atoms with E-state index in [4.69, 9.17) is 4.74 Å². The first-order valence-corrected chi connectivity index (χ1v) is 7.63. The number of benzene rings is 2. The summed E-state index contributed by atoms with van der Waals surface area (Å²) in [7, 11) is 0. The fraction of sp³-hybridized carbons (Fsp3) is 0.167. The second-order valence-corrected chi connectivity index (χ2v) is 5.24. The van der Waals surface area contributed by atoms with Crippen LogP contribution in [0.5, 0.6) is 5.75 Å². The highest BCUT2D eigenvalue weighted by Crippen LogP contribution is 2.15. The number of para-hydroxylation sites is 3. The normalized spacial score (nSPS) is 10.5. The molecular formula is C18H17N3O3. The van der Waals surface area contributed by atoms with Crippen LogP contribution in [0.4, 0.5) is 0 Å². The summed E-state index contributed by atoms with van der Waals surface area (Å²) in [6.07, 6.45) is 1.31. The molecule has 1 amide bonds. The number of rotatable bonds is 7. The number of hydrogen-bond donors (Lipinski definition) is 2. The fourth-order valence-corrected chi connectivity index (χ4v) is 2.35. The molecule has 0 aliphatic rings. The summed E-state index contributed by atoms with van der Waals surface area (Å²) in [5.74, 6) is 0.982. The molecular weight excluding hydrogens is 306 g/mol. The third kappa shape index (κ3) is 3.78. The number of fused-ring (bicyclic) bond motifs is 1. The van der Waals surface area contributed by atoms with Crippen molar-refractivity contribution < 1.29 is 14.3 Å². The molecule has 3 rings (SSSR count). The molecule has 0 unspecified atom stereocenters. The molecule has 2 N–H and O–H groups in total. The van der Waals surface area contributed by atoms with Gasteiger partial charge in [0.25, 0.3) is 5.91 Å². The minimum atomic E-state index is -0.244. The molecule has 0 aliphatic carbocycles. The van der Waals surface area contributed by atoms with Gasteiger partial charge in [-0.25, -0.2) is 4.98 Å². The van der Waals surface area contributed by atoms with Crippen molar-refractivity contribution in [2.75, 3.05) is 13.2 Å². The first-order chi connectivity index (χ1) is 11.8. The van der Waals surface area contributed by atoms with E-state index in [9.17, 15) is 9.59 Å². The van der Waals surface area contributed by atoms with Crippen molar-refractivity contribution in [2.45, 2.75) is 6.42 Å². The highest BCUT2D eigenvalue weighted by atomic mass is 16.5. The third-order valence-corrected chi connectivity index (χ3v) is 3.53. The molecule has 0 fully saturated rings. The maximum atomic E-state index is 11.8. The van der Waals surface area contributed by atoms with Crippen molar-refractivity contribution in [2.24, 2.45) is 0 Å². The van der Waals surface area contributed by atoms with E-state index >= 15 is 0 Å². The van der Waals surface area contributed by atoms with Gasteiger partial charge < -0.3 is 15.0 Å². The molecule has 122 valence electrons. The van der Waals surface area contributed by atoms with Gasteiger partial charge in [0.1, 0.15) is 11.6 Å². The summed E-state index contributed by atoms with van der Waals surface area (Å²) in [6, 6.07) is 14.6. The topological polar surface area (TPSA) is 84.1 Å². The van der Waals surface area contributed by atoms with E-state index in [-0.39, 0.29) is 12.5 Å². The van der Waals surface area contributed by atoms with Crippen LogP contribution in [0.25, 0.3) is 11.0 Å². The van der Waals surface area contributed by atoms with Crippen LogP contribution in [0.2, 0.25) is 0 Å². The number of nitrogens with zero attached hydrogens (tertiary/aromatic N) is 1. The summed E-state index contributed by atoms with van der Waals surface area (Å²) < 4.78 is 5.37. The van der Waals surface area contributed by atoms with Crippen LogP contribution in [0.3, 0.4) is 0 Å². The van der Waals surface area contributed by atoms with E-state index in [0.29, 0.717) is 30.6 Å². The Hall–Kier alpha value is -3.15. The lowest BCUT2D eigenvalue weighted by Gasteiger charge is -2.08. The number of carbonyl (C=O) groups is 2. The van der Waals surface area contributed by atoms with E-state index in [1.165, 1.54) is 0 Å². The fourth-order valence-electron chi connectivity index (χ4n) is 2.35. The number of hydrogen-bond acceptors (Lipinski definition) is 4. The molecule has 3 aromatic rings. The zero-order chi connectivity index (χ0) is 16.8. The number of amides is 1. The standard InChI is InChI=1S/C18H17N3O3/c22-11-13-5-1-4-8-16(13)24-12-18(23)19-10-9-17-20-14-6-2-3-7-15(14)21-17/h1-8,11H,9-10,12H2,(H,19,23)(H,20,21). The Bertz CT molecular complexity index is 824. The number of imidazole rings is 1. The number of aldehydes is 1. The quantitative estimate of drug-likeness (QED) is 0.652. The zero-order valence-electron chi connectivity index (χ0n) is 13.0. The molecule has 0 saturated carbocycles. The lowest BCUT2D eigenvalue weighted by molar-refractivity contribution is -0.123. The van der Waals surface area contributed by atoms with E-state index in [0.717, 1.165) is 16.9 Å². The lowest BCUT2D eigenvalue weighted by Crippen LogP contribution is -2.30. The van der Waals surface area contributed by atoms with Gasteiger partial charge in [0.2, 0.25) is 0 Å². The first-order valence-electron chi connectivity index (χ1n) is 7.63. The van der Waals surface area contributed by atoms with Gasteiger partial charge in [0.15, 0.2) is 12.9 Å². The van der Waals surface area contributed by atoms with Gasteiger partial charge in [-0.05, 0) is 24.3 Å². The molecule has 0 aliphatic heterocycles. The molecule has 0 atom stereocenters. The number of ether oxygens (including phenoxy) is 1.